The van der Waals surface area contributed by atoms with Crippen molar-refractivity contribution in [3.05, 3.63) is 90.6 Å². The third-order valence-corrected chi connectivity index (χ3v) is 5.32. The molecule has 3 aromatic carbocycles. The van der Waals surface area contributed by atoms with Gasteiger partial charge in [-0.05, 0) is 68.7 Å². The van der Waals surface area contributed by atoms with Crippen molar-refractivity contribution in [3.8, 4) is 17.2 Å². The van der Waals surface area contributed by atoms with Gasteiger partial charge in [0, 0.05) is 29.4 Å². The van der Waals surface area contributed by atoms with Crippen LogP contribution in [0.1, 0.15) is 10.5 Å². The molecule has 0 aliphatic rings. The summed E-state index contributed by atoms with van der Waals surface area (Å²) in [5.41, 5.74) is 14.4. The number of hydrogen-bond donors (Lipinski definition) is 3. The molecule has 1 heterocycles. The summed E-state index contributed by atoms with van der Waals surface area (Å²) in [4.78, 5) is 26.5. The molecule has 2 amide bonds. The monoisotopic (exact) mass is 469 g/mol. The van der Waals surface area contributed by atoms with E-state index in [1.54, 1.807) is 28.8 Å². The second-order valence-corrected chi connectivity index (χ2v) is 8.26. The number of likely N-dealkylation sites (N-methyl/N-ethyl adjacent to an activating group) is 1. The molecule has 8 heteroatoms. The highest BCUT2D eigenvalue weighted by molar-refractivity contribution is 6.10. The summed E-state index contributed by atoms with van der Waals surface area (Å²) in [5, 5.41) is 3.43. The molecule has 178 valence electrons. The van der Waals surface area contributed by atoms with Gasteiger partial charge in [-0.25, -0.2) is 0 Å². The van der Waals surface area contributed by atoms with E-state index in [0.29, 0.717) is 34.6 Å². The highest BCUT2D eigenvalue weighted by atomic mass is 16.5. The Kier molecular flexibility index (Phi) is 6.84. The lowest BCUT2D eigenvalue weighted by Gasteiger charge is -2.11. The number of carbonyl (C=O) groups is 2. The van der Waals surface area contributed by atoms with Crippen LogP contribution in [-0.2, 0) is 4.79 Å². The van der Waals surface area contributed by atoms with Crippen molar-refractivity contribution in [2.45, 2.75) is 0 Å². The number of nitrogen functional groups attached to an aromatic ring is 1. The molecule has 0 aliphatic heterocycles. The van der Waals surface area contributed by atoms with E-state index in [-0.39, 0.29) is 17.3 Å². The predicted molar refractivity (Wildman–Crippen MR) is 139 cm³/mol. The normalized spacial score (nSPS) is 11.3. The highest BCUT2D eigenvalue weighted by Crippen LogP contribution is 2.34. The molecular weight excluding hydrogens is 442 g/mol. The number of amides is 2. The van der Waals surface area contributed by atoms with Crippen LogP contribution in [0.25, 0.3) is 16.6 Å². The summed E-state index contributed by atoms with van der Waals surface area (Å²) in [7, 11) is 3.84. The topological polar surface area (TPSA) is 116 Å². The molecular formula is C27H27N5O3. The molecule has 0 saturated carbocycles. The maximum atomic E-state index is 12.3. The van der Waals surface area contributed by atoms with Gasteiger partial charge in [-0.1, -0.05) is 24.3 Å². The lowest BCUT2D eigenvalue weighted by Crippen LogP contribution is -2.17. The van der Waals surface area contributed by atoms with E-state index >= 15 is 0 Å². The van der Waals surface area contributed by atoms with Crippen molar-refractivity contribution in [1.82, 2.24) is 9.47 Å². The molecule has 4 rings (SSSR count). The van der Waals surface area contributed by atoms with Crippen molar-refractivity contribution in [1.29, 1.82) is 0 Å². The van der Waals surface area contributed by atoms with Crippen LogP contribution in [0.15, 0.2) is 84.9 Å². The molecule has 8 nitrogen and oxygen atoms in total. The van der Waals surface area contributed by atoms with E-state index in [4.69, 9.17) is 16.2 Å². The molecule has 0 unspecified atom stereocenters. The predicted octanol–water partition coefficient (Wildman–Crippen LogP) is 4.16. The van der Waals surface area contributed by atoms with Crippen molar-refractivity contribution >= 4 is 34.1 Å². The van der Waals surface area contributed by atoms with Gasteiger partial charge in [0.2, 0.25) is 5.91 Å². The third kappa shape index (κ3) is 5.34. The maximum absolute atomic E-state index is 12.3. The standard InChI is InChI=1S/C27H27N5O3/c1-31(2)16-6-9-24(33)30-18-10-15-23-22(17-18)25(28)26(27(29)34)32(23)19-11-13-21(14-12-19)35-20-7-4-3-5-8-20/h3-15,17H,16,28H2,1-2H3,(H2,29,34)(H,30,33)/b9-6+. The molecule has 0 fully saturated rings. The van der Waals surface area contributed by atoms with Crippen LogP contribution in [0.3, 0.4) is 0 Å². The molecule has 0 radical (unpaired) electrons. The average molecular weight is 470 g/mol. The lowest BCUT2D eigenvalue weighted by molar-refractivity contribution is -0.111. The summed E-state index contributed by atoms with van der Waals surface area (Å²) in [6, 6.07) is 22.0. The Bertz CT molecular complexity index is 1390. The van der Waals surface area contributed by atoms with Crippen LogP contribution in [0.2, 0.25) is 0 Å². The molecule has 4 aromatic rings. The largest absolute Gasteiger partial charge is 0.457 e. The van der Waals surface area contributed by atoms with E-state index in [2.05, 4.69) is 5.32 Å². The number of anilines is 2. The maximum Gasteiger partial charge on any atom is 0.267 e. The van der Waals surface area contributed by atoms with Gasteiger partial charge in [-0.3, -0.25) is 9.59 Å². The quantitative estimate of drug-likeness (QED) is 0.335. The van der Waals surface area contributed by atoms with Crippen LogP contribution in [0.4, 0.5) is 11.4 Å². The zero-order chi connectivity index (χ0) is 24.9. The number of para-hydroxylation sites is 1. The van der Waals surface area contributed by atoms with Crippen LogP contribution >= 0.6 is 0 Å². The van der Waals surface area contributed by atoms with Crippen molar-refractivity contribution in [2.75, 3.05) is 31.7 Å². The molecule has 0 spiro atoms. The van der Waals surface area contributed by atoms with Gasteiger partial charge in [0.15, 0.2) is 0 Å². The number of fused-ring (bicyclic) bond motifs is 1. The van der Waals surface area contributed by atoms with Crippen molar-refractivity contribution < 1.29 is 14.3 Å². The second-order valence-electron chi connectivity index (χ2n) is 8.26. The van der Waals surface area contributed by atoms with E-state index in [1.165, 1.54) is 6.08 Å². The first-order valence-corrected chi connectivity index (χ1v) is 11.0. The molecule has 0 saturated heterocycles. The zero-order valence-corrected chi connectivity index (χ0v) is 19.6. The Morgan fingerprint density at radius 1 is 1.00 bits per heavy atom. The number of ether oxygens (including phenoxy) is 1. The average Bonchev–Trinajstić information content (AvgIpc) is 3.12. The first kappa shape index (κ1) is 23.6. The summed E-state index contributed by atoms with van der Waals surface area (Å²) in [6.07, 6.45) is 3.25. The Labute approximate surface area is 203 Å². The van der Waals surface area contributed by atoms with Gasteiger partial charge in [-0.15, -0.1) is 0 Å². The van der Waals surface area contributed by atoms with E-state index in [9.17, 15) is 9.59 Å². The number of aromatic nitrogens is 1. The Balaban J connectivity index is 1.66. The first-order chi connectivity index (χ1) is 16.8. The van der Waals surface area contributed by atoms with E-state index in [1.807, 2.05) is 73.6 Å². The van der Waals surface area contributed by atoms with Crippen molar-refractivity contribution in [3.63, 3.8) is 0 Å². The fourth-order valence-electron chi connectivity index (χ4n) is 3.75. The fourth-order valence-corrected chi connectivity index (χ4v) is 3.75. The second kappa shape index (κ2) is 10.1. The fraction of sp³-hybridized carbons (Fsp3) is 0.111. The first-order valence-electron chi connectivity index (χ1n) is 11.0. The smallest absolute Gasteiger partial charge is 0.267 e. The zero-order valence-electron chi connectivity index (χ0n) is 19.6. The number of nitrogens with two attached hydrogens (primary N) is 2. The van der Waals surface area contributed by atoms with Gasteiger partial charge in [0.1, 0.15) is 17.2 Å². The molecule has 35 heavy (non-hydrogen) atoms. The number of carbonyl (C=O) groups excluding carboxylic acids is 2. The van der Waals surface area contributed by atoms with Gasteiger partial charge >= 0.3 is 0 Å². The van der Waals surface area contributed by atoms with Crippen LogP contribution in [0, 0.1) is 0 Å². The number of primary amides is 1. The number of nitrogens with one attached hydrogen (secondary N) is 1. The van der Waals surface area contributed by atoms with Crippen LogP contribution < -0.4 is 21.5 Å². The van der Waals surface area contributed by atoms with Crippen molar-refractivity contribution in [2.24, 2.45) is 5.73 Å². The van der Waals surface area contributed by atoms with Crippen LogP contribution in [0.5, 0.6) is 11.5 Å². The molecule has 1 aromatic heterocycles. The summed E-state index contributed by atoms with van der Waals surface area (Å²) >= 11 is 0. The number of hydrogen-bond acceptors (Lipinski definition) is 5. The van der Waals surface area contributed by atoms with Gasteiger partial charge in [0.05, 0.1) is 11.2 Å². The van der Waals surface area contributed by atoms with E-state index < -0.39 is 5.91 Å². The van der Waals surface area contributed by atoms with Gasteiger partial charge < -0.3 is 31.0 Å². The Hall–Kier alpha value is -4.56. The highest BCUT2D eigenvalue weighted by Gasteiger charge is 2.21. The number of rotatable bonds is 8. The Morgan fingerprint density at radius 2 is 1.69 bits per heavy atom. The summed E-state index contributed by atoms with van der Waals surface area (Å²) in [5.74, 6) is 0.464. The number of nitrogens with zero attached hydrogens (tertiary/aromatic N) is 2. The minimum absolute atomic E-state index is 0.172. The van der Waals surface area contributed by atoms with Gasteiger partial charge in [0.25, 0.3) is 5.91 Å². The minimum Gasteiger partial charge on any atom is -0.457 e. The molecule has 0 aliphatic carbocycles. The van der Waals surface area contributed by atoms with E-state index in [0.717, 1.165) is 5.75 Å². The SMILES string of the molecule is CN(C)C/C=C/C(=O)Nc1ccc2c(c1)c(N)c(C(N)=O)n2-c1ccc(Oc2ccccc2)cc1. The molecule has 5 N–H and O–H groups in total. The lowest BCUT2D eigenvalue weighted by atomic mass is 10.2. The Morgan fingerprint density at radius 3 is 2.34 bits per heavy atom. The minimum atomic E-state index is -0.652. The van der Waals surface area contributed by atoms with Gasteiger partial charge in [-0.2, -0.15) is 0 Å². The third-order valence-electron chi connectivity index (χ3n) is 5.32. The molecule has 0 bridgehead atoms. The van der Waals surface area contributed by atoms with Crippen LogP contribution in [-0.4, -0.2) is 41.9 Å². The number of benzene rings is 3. The summed E-state index contributed by atoms with van der Waals surface area (Å²) in [6.45, 7) is 0.652. The molecule has 0 atom stereocenters. The summed E-state index contributed by atoms with van der Waals surface area (Å²) < 4.78 is 7.57.